The fraction of sp³-hybridized carbons (Fsp3) is 0.763. The van der Waals surface area contributed by atoms with Crippen molar-refractivity contribution in [3.63, 3.8) is 0 Å². The van der Waals surface area contributed by atoms with Gasteiger partial charge in [0, 0.05) is 13.0 Å². The van der Waals surface area contributed by atoms with Crippen LogP contribution in [-0.2, 0) is 27.9 Å². The van der Waals surface area contributed by atoms with Crippen LogP contribution < -0.4 is 0 Å². The van der Waals surface area contributed by atoms with Crippen molar-refractivity contribution in [1.29, 1.82) is 0 Å². The van der Waals surface area contributed by atoms with Crippen LogP contribution in [0.15, 0.2) is 48.6 Å². The largest absolute Gasteiger partial charge is 0.472 e. The van der Waals surface area contributed by atoms with E-state index in [9.17, 15) is 39.8 Å². The molecule has 0 aromatic carbocycles. The van der Waals surface area contributed by atoms with Gasteiger partial charge in [-0.05, 0) is 38.5 Å². The van der Waals surface area contributed by atoms with Crippen molar-refractivity contribution in [3.8, 4) is 0 Å². The molecule has 0 radical (unpaired) electrons. The number of carbonyl (C=O) groups is 1. The summed E-state index contributed by atoms with van der Waals surface area (Å²) in [6, 6.07) is 0. The van der Waals surface area contributed by atoms with Crippen LogP contribution in [0.3, 0.4) is 0 Å². The highest BCUT2D eigenvalue weighted by Crippen LogP contribution is 2.47. The molecule has 0 bridgehead atoms. The summed E-state index contributed by atoms with van der Waals surface area (Å²) in [4.78, 5) is 22.9. The Morgan fingerprint density at radius 1 is 0.647 bits per heavy atom. The molecule has 6 unspecified atom stereocenters. The lowest BCUT2D eigenvalue weighted by Gasteiger charge is -2.41. The van der Waals surface area contributed by atoms with Crippen molar-refractivity contribution in [2.75, 3.05) is 19.8 Å². The number of aliphatic hydroxyl groups excluding tert-OH is 5. The topological polar surface area (TPSA) is 192 Å². The van der Waals surface area contributed by atoms with Crippen LogP contribution in [0.4, 0.5) is 0 Å². The van der Waals surface area contributed by atoms with E-state index in [4.69, 9.17) is 18.5 Å². The number of hydrogen-bond donors (Lipinski definition) is 6. The summed E-state index contributed by atoms with van der Waals surface area (Å²) in [6.07, 6.45) is 20.7. The lowest BCUT2D eigenvalue weighted by molar-refractivity contribution is -0.220. The smallest absolute Gasteiger partial charge is 0.457 e. The van der Waals surface area contributed by atoms with Crippen molar-refractivity contribution >= 4 is 13.8 Å². The zero-order valence-electron chi connectivity index (χ0n) is 30.9. The van der Waals surface area contributed by atoms with Crippen LogP contribution in [0.2, 0.25) is 0 Å². The van der Waals surface area contributed by atoms with Crippen LogP contribution in [0, 0.1) is 0 Å². The van der Waals surface area contributed by atoms with Gasteiger partial charge in [0.2, 0.25) is 0 Å². The molecule has 12 nitrogen and oxygen atoms in total. The highest BCUT2D eigenvalue weighted by atomic mass is 31.2. The van der Waals surface area contributed by atoms with E-state index < -0.39 is 63.1 Å². The number of unbranched alkanes of at least 4 members (excludes halogenated alkanes) is 10. The van der Waals surface area contributed by atoms with Gasteiger partial charge in [-0.25, -0.2) is 4.57 Å². The molecule has 13 heteroatoms. The monoisotopic (exact) mass is 746 g/mol. The average molecular weight is 747 g/mol. The molecule has 1 aliphatic carbocycles. The second-order valence-electron chi connectivity index (χ2n) is 13.0. The summed E-state index contributed by atoms with van der Waals surface area (Å²) in [5.41, 5.74) is 0. The molecule has 51 heavy (non-hydrogen) atoms. The number of esters is 1. The molecule has 0 aliphatic heterocycles. The first kappa shape index (κ1) is 47.3. The molecule has 0 heterocycles. The van der Waals surface area contributed by atoms with E-state index in [1.165, 1.54) is 51.4 Å². The van der Waals surface area contributed by atoms with E-state index in [1.807, 2.05) is 18.2 Å². The van der Waals surface area contributed by atoms with E-state index in [1.54, 1.807) is 0 Å². The molecule has 296 valence electrons. The lowest BCUT2D eigenvalue weighted by Crippen LogP contribution is -2.64. The summed E-state index contributed by atoms with van der Waals surface area (Å²) in [5, 5.41) is 49.9. The summed E-state index contributed by atoms with van der Waals surface area (Å²) >= 11 is 0. The first-order valence-corrected chi connectivity index (χ1v) is 20.5. The quantitative estimate of drug-likeness (QED) is 0.0214. The molecule has 0 amide bonds. The van der Waals surface area contributed by atoms with Gasteiger partial charge in [0.1, 0.15) is 42.7 Å². The Labute approximate surface area is 305 Å². The first-order chi connectivity index (χ1) is 24.5. The molecule has 0 aromatic heterocycles. The third kappa shape index (κ3) is 22.9. The van der Waals surface area contributed by atoms with Crippen LogP contribution in [0.5, 0.6) is 0 Å². The SMILES string of the molecule is CC/C=C\C/C=C\C/C=C\C/C=C\CCC(=O)OC(COCCCCCCCCCCCCC)COP(=O)(O)OC1C(O)C(O)C(O)C(O)C1O. The van der Waals surface area contributed by atoms with E-state index in [0.29, 0.717) is 13.0 Å². The molecule has 1 saturated carbocycles. The summed E-state index contributed by atoms with van der Waals surface area (Å²) < 4.78 is 33.8. The van der Waals surface area contributed by atoms with Gasteiger partial charge in [-0.1, -0.05) is 127 Å². The molecule has 1 fully saturated rings. The Hall–Kier alpha value is -1.70. The van der Waals surface area contributed by atoms with E-state index >= 15 is 0 Å². The van der Waals surface area contributed by atoms with Gasteiger partial charge in [0.15, 0.2) is 0 Å². The number of phosphoric acid groups is 1. The summed E-state index contributed by atoms with van der Waals surface area (Å²) in [7, 11) is -5.02. The number of aliphatic hydroxyl groups is 5. The Bertz CT molecular complexity index is 1030. The first-order valence-electron chi connectivity index (χ1n) is 19.0. The van der Waals surface area contributed by atoms with Crippen molar-refractivity contribution in [3.05, 3.63) is 48.6 Å². The van der Waals surface area contributed by atoms with Crippen molar-refractivity contribution in [1.82, 2.24) is 0 Å². The van der Waals surface area contributed by atoms with Crippen LogP contribution in [-0.4, -0.2) is 98.9 Å². The maximum absolute atomic E-state index is 12.7. The van der Waals surface area contributed by atoms with Gasteiger partial charge in [-0.15, -0.1) is 0 Å². The average Bonchev–Trinajstić information content (AvgIpc) is 3.11. The number of ether oxygens (including phenoxy) is 2. The maximum atomic E-state index is 12.7. The molecule has 1 aliphatic rings. The van der Waals surface area contributed by atoms with Gasteiger partial charge in [0.05, 0.1) is 13.2 Å². The minimum absolute atomic E-state index is 0.0647. The maximum Gasteiger partial charge on any atom is 0.472 e. The van der Waals surface area contributed by atoms with Crippen molar-refractivity contribution in [2.24, 2.45) is 0 Å². The minimum atomic E-state index is -5.02. The van der Waals surface area contributed by atoms with E-state index in [2.05, 4.69) is 44.2 Å². The third-order valence-electron chi connectivity index (χ3n) is 8.48. The number of rotatable bonds is 30. The lowest BCUT2D eigenvalue weighted by atomic mass is 9.85. The van der Waals surface area contributed by atoms with Gasteiger partial charge < -0.3 is 39.9 Å². The third-order valence-corrected chi connectivity index (χ3v) is 9.46. The van der Waals surface area contributed by atoms with Gasteiger partial charge in [0.25, 0.3) is 0 Å². The number of carbonyl (C=O) groups excluding carboxylic acids is 1. The van der Waals surface area contributed by atoms with Gasteiger partial charge in [-0.2, -0.15) is 0 Å². The zero-order valence-corrected chi connectivity index (χ0v) is 31.8. The molecular formula is C38H67O12P. The standard InChI is InChI=1S/C38H67O12P/c1-3-5-7-9-11-13-15-16-17-19-21-23-25-27-32(39)49-31(29-47-28-26-24-22-20-18-14-12-10-8-6-4-2)30-48-51(45,46)50-38-36(43)34(41)33(40)35(42)37(38)44/h5,7,11,13,16-17,21,23,31,33-38,40-44H,3-4,6,8-10,12,14-15,18-20,22,24-30H2,1-2H3,(H,45,46)/b7-5-,13-11-,17-16-,23-21-. The predicted molar refractivity (Wildman–Crippen MR) is 198 cm³/mol. The summed E-state index contributed by atoms with van der Waals surface area (Å²) in [5.74, 6) is -0.559. The fourth-order valence-electron chi connectivity index (χ4n) is 5.43. The number of allylic oxidation sites excluding steroid dienone is 8. The highest BCUT2D eigenvalue weighted by molar-refractivity contribution is 7.47. The molecule has 6 atom stereocenters. The van der Waals surface area contributed by atoms with Gasteiger partial charge >= 0.3 is 13.8 Å². The molecular weight excluding hydrogens is 679 g/mol. The normalized spacial score (nSPS) is 24.6. The van der Waals surface area contributed by atoms with Gasteiger partial charge in [-0.3, -0.25) is 13.8 Å². The minimum Gasteiger partial charge on any atom is -0.457 e. The Kier molecular flexibility index (Phi) is 27.6. The number of hydrogen-bond acceptors (Lipinski definition) is 11. The molecule has 1 rings (SSSR count). The van der Waals surface area contributed by atoms with Crippen LogP contribution in [0.25, 0.3) is 0 Å². The summed E-state index contributed by atoms with van der Waals surface area (Å²) in [6.45, 7) is 4.01. The Morgan fingerprint density at radius 3 is 1.65 bits per heavy atom. The molecule has 0 aromatic rings. The Morgan fingerprint density at radius 2 is 1.12 bits per heavy atom. The molecule has 6 N–H and O–H groups in total. The number of phosphoric ester groups is 1. The highest BCUT2D eigenvalue weighted by Gasteiger charge is 2.51. The molecule has 0 spiro atoms. The second-order valence-corrected chi connectivity index (χ2v) is 14.5. The fourth-order valence-corrected chi connectivity index (χ4v) is 6.40. The van der Waals surface area contributed by atoms with Crippen LogP contribution in [0.1, 0.15) is 123 Å². The van der Waals surface area contributed by atoms with E-state index in [-0.39, 0.29) is 13.0 Å². The van der Waals surface area contributed by atoms with Crippen molar-refractivity contribution in [2.45, 2.75) is 166 Å². The Balaban J connectivity index is 2.55. The van der Waals surface area contributed by atoms with E-state index in [0.717, 1.165) is 44.9 Å². The second kappa shape index (κ2) is 29.7. The zero-order chi connectivity index (χ0) is 37.7. The van der Waals surface area contributed by atoms with Crippen LogP contribution >= 0.6 is 7.82 Å². The van der Waals surface area contributed by atoms with Crippen molar-refractivity contribution < 1.29 is 58.3 Å². The predicted octanol–water partition coefficient (Wildman–Crippen LogP) is 6.13. The molecule has 0 saturated heterocycles.